The summed E-state index contributed by atoms with van der Waals surface area (Å²) < 4.78 is 53.7. The van der Waals surface area contributed by atoms with E-state index >= 15 is 0 Å². The number of rotatable bonds is 6. The van der Waals surface area contributed by atoms with Crippen molar-refractivity contribution in [1.82, 2.24) is 9.03 Å². The first-order valence-corrected chi connectivity index (χ1v) is 10.9. The first-order chi connectivity index (χ1) is 11.2. The van der Waals surface area contributed by atoms with Gasteiger partial charge in [0.15, 0.2) is 0 Å². The Morgan fingerprint density at radius 2 is 1.75 bits per heavy atom. The summed E-state index contributed by atoms with van der Waals surface area (Å²) in [5.41, 5.74) is 5.53. The van der Waals surface area contributed by atoms with Crippen molar-refractivity contribution in [2.24, 2.45) is 11.1 Å². The second kappa shape index (κ2) is 6.06. The molecule has 1 aromatic rings. The van der Waals surface area contributed by atoms with Gasteiger partial charge in [0.2, 0.25) is 20.0 Å². The molecule has 7 nitrogen and oxygen atoms in total. The highest BCUT2D eigenvalue weighted by molar-refractivity contribution is 7.89. The van der Waals surface area contributed by atoms with Crippen molar-refractivity contribution in [3.63, 3.8) is 0 Å². The lowest BCUT2D eigenvalue weighted by Crippen LogP contribution is -2.34. The second-order valence-electron chi connectivity index (χ2n) is 6.97. The molecule has 0 bridgehead atoms. The summed E-state index contributed by atoms with van der Waals surface area (Å²) in [7, 11) is -7.21. The van der Waals surface area contributed by atoms with Gasteiger partial charge in [-0.1, -0.05) is 6.92 Å². The molecular formula is C15H23N3O4S2. The minimum atomic E-state index is -3.63. The van der Waals surface area contributed by atoms with E-state index in [1.54, 1.807) is 0 Å². The van der Waals surface area contributed by atoms with Crippen molar-refractivity contribution in [1.29, 1.82) is 0 Å². The van der Waals surface area contributed by atoms with Gasteiger partial charge in [0, 0.05) is 19.1 Å². The average molecular weight is 374 g/mol. The molecule has 3 rings (SSSR count). The molecule has 0 spiro atoms. The van der Waals surface area contributed by atoms with Crippen LogP contribution in [0.2, 0.25) is 0 Å². The van der Waals surface area contributed by atoms with E-state index < -0.39 is 20.0 Å². The Morgan fingerprint density at radius 1 is 1.17 bits per heavy atom. The van der Waals surface area contributed by atoms with E-state index in [2.05, 4.69) is 4.72 Å². The smallest absolute Gasteiger partial charge is 0.243 e. The molecular weight excluding hydrogens is 350 g/mol. The SMILES string of the molecule is CC1(CN)CCN(S(=O)(=O)c2ccc(S(=O)(=O)NC3CC3)cc2)C1. The zero-order valence-electron chi connectivity index (χ0n) is 13.6. The molecule has 24 heavy (non-hydrogen) atoms. The van der Waals surface area contributed by atoms with Crippen molar-refractivity contribution in [3.05, 3.63) is 24.3 Å². The number of hydrogen-bond donors (Lipinski definition) is 2. The summed E-state index contributed by atoms with van der Waals surface area (Å²) in [4.78, 5) is 0.190. The predicted molar refractivity (Wildman–Crippen MR) is 90.3 cm³/mol. The molecule has 1 aliphatic heterocycles. The molecule has 2 aliphatic rings. The standard InChI is InChI=1S/C15H23N3O4S2/c1-15(10-16)8-9-18(11-15)24(21,22)14-6-4-13(5-7-14)23(19,20)17-12-2-3-12/h4-7,12,17H,2-3,8-11,16H2,1H3. The van der Waals surface area contributed by atoms with Crippen LogP contribution in [0.1, 0.15) is 26.2 Å². The Bertz CT molecular complexity index is 817. The van der Waals surface area contributed by atoms with Gasteiger partial charge in [-0.3, -0.25) is 0 Å². The summed E-state index contributed by atoms with van der Waals surface area (Å²) in [6.07, 6.45) is 2.42. The zero-order valence-corrected chi connectivity index (χ0v) is 15.2. The molecule has 1 saturated heterocycles. The van der Waals surface area contributed by atoms with Crippen molar-refractivity contribution < 1.29 is 16.8 Å². The van der Waals surface area contributed by atoms with Gasteiger partial charge < -0.3 is 5.73 Å². The van der Waals surface area contributed by atoms with Gasteiger partial charge in [-0.2, -0.15) is 4.31 Å². The fraction of sp³-hybridized carbons (Fsp3) is 0.600. The van der Waals surface area contributed by atoms with Crippen molar-refractivity contribution >= 4 is 20.0 Å². The molecule has 0 radical (unpaired) electrons. The number of nitrogens with one attached hydrogen (secondary N) is 1. The Hall–Kier alpha value is -1.00. The zero-order chi connectivity index (χ0) is 17.6. The Labute approximate surface area is 143 Å². The maximum Gasteiger partial charge on any atom is 0.243 e. The van der Waals surface area contributed by atoms with Gasteiger partial charge in [0.25, 0.3) is 0 Å². The van der Waals surface area contributed by atoms with Crippen LogP contribution in [0.15, 0.2) is 34.1 Å². The Kier molecular flexibility index (Phi) is 4.50. The van der Waals surface area contributed by atoms with Crippen LogP contribution in [0.3, 0.4) is 0 Å². The summed E-state index contributed by atoms with van der Waals surface area (Å²) in [6.45, 7) is 3.22. The van der Waals surface area contributed by atoms with Crippen molar-refractivity contribution in [2.45, 2.75) is 42.0 Å². The van der Waals surface area contributed by atoms with E-state index in [9.17, 15) is 16.8 Å². The van der Waals surface area contributed by atoms with Crippen molar-refractivity contribution in [2.75, 3.05) is 19.6 Å². The van der Waals surface area contributed by atoms with E-state index in [1.165, 1.54) is 28.6 Å². The predicted octanol–water partition coefficient (Wildman–Crippen LogP) is 0.487. The van der Waals surface area contributed by atoms with E-state index in [-0.39, 0.29) is 21.2 Å². The fourth-order valence-corrected chi connectivity index (χ4v) is 5.68. The minimum absolute atomic E-state index is 0.0111. The lowest BCUT2D eigenvalue weighted by Gasteiger charge is -2.22. The monoisotopic (exact) mass is 373 g/mol. The van der Waals surface area contributed by atoms with Gasteiger partial charge in [0.1, 0.15) is 0 Å². The van der Waals surface area contributed by atoms with Crippen LogP contribution in [0, 0.1) is 5.41 Å². The molecule has 0 aromatic heterocycles. The van der Waals surface area contributed by atoms with Gasteiger partial charge in [-0.15, -0.1) is 0 Å². The number of sulfonamides is 2. The van der Waals surface area contributed by atoms with Crippen molar-refractivity contribution in [3.8, 4) is 0 Å². The Morgan fingerprint density at radius 3 is 2.25 bits per heavy atom. The third-order valence-corrected chi connectivity index (χ3v) is 8.08. The summed E-state index contributed by atoms with van der Waals surface area (Å²) in [5, 5.41) is 0. The van der Waals surface area contributed by atoms with Crippen LogP contribution < -0.4 is 10.5 Å². The second-order valence-corrected chi connectivity index (χ2v) is 10.6. The van der Waals surface area contributed by atoms with Gasteiger partial charge >= 0.3 is 0 Å². The highest BCUT2D eigenvalue weighted by Crippen LogP contribution is 2.32. The highest BCUT2D eigenvalue weighted by atomic mass is 32.2. The molecule has 1 unspecified atom stereocenters. The normalized spacial score (nSPS) is 25.9. The fourth-order valence-electron chi connectivity index (χ4n) is 2.78. The molecule has 1 atom stereocenters. The van der Waals surface area contributed by atoms with Gasteiger partial charge in [-0.25, -0.2) is 21.6 Å². The van der Waals surface area contributed by atoms with E-state index in [1.807, 2.05) is 6.92 Å². The van der Waals surface area contributed by atoms with Crippen LogP contribution in [0.25, 0.3) is 0 Å². The number of benzene rings is 1. The van der Waals surface area contributed by atoms with Gasteiger partial charge in [-0.05, 0) is 55.5 Å². The van der Waals surface area contributed by atoms with Crippen LogP contribution in [0.4, 0.5) is 0 Å². The van der Waals surface area contributed by atoms with E-state index in [4.69, 9.17) is 5.73 Å². The topological polar surface area (TPSA) is 110 Å². The molecule has 9 heteroatoms. The third kappa shape index (κ3) is 3.50. The largest absolute Gasteiger partial charge is 0.330 e. The molecule has 1 saturated carbocycles. The molecule has 1 aromatic carbocycles. The minimum Gasteiger partial charge on any atom is -0.330 e. The maximum atomic E-state index is 12.7. The maximum absolute atomic E-state index is 12.7. The molecule has 1 aliphatic carbocycles. The first kappa shape index (κ1) is 17.8. The summed E-state index contributed by atoms with van der Waals surface area (Å²) >= 11 is 0. The molecule has 2 fully saturated rings. The summed E-state index contributed by atoms with van der Waals surface area (Å²) in [6, 6.07) is 5.41. The highest BCUT2D eigenvalue weighted by Gasteiger charge is 2.39. The number of nitrogens with two attached hydrogens (primary N) is 1. The van der Waals surface area contributed by atoms with Crippen LogP contribution in [-0.4, -0.2) is 46.8 Å². The third-order valence-electron chi connectivity index (χ3n) is 4.69. The number of hydrogen-bond acceptors (Lipinski definition) is 5. The summed E-state index contributed by atoms with van der Waals surface area (Å²) in [5.74, 6) is 0. The molecule has 0 amide bonds. The quantitative estimate of drug-likeness (QED) is 0.754. The van der Waals surface area contributed by atoms with E-state index in [0.29, 0.717) is 19.6 Å². The lowest BCUT2D eigenvalue weighted by molar-refractivity contribution is 0.349. The lowest BCUT2D eigenvalue weighted by atomic mass is 9.90. The van der Waals surface area contributed by atoms with Crippen LogP contribution in [0.5, 0.6) is 0 Å². The number of nitrogens with zero attached hydrogens (tertiary/aromatic N) is 1. The van der Waals surface area contributed by atoms with Crippen LogP contribution in [-0.2, 0) is 20.0 Å². The average Bonchev–Trinajstić information content (AvgIpc) is 3.25. The van der Waals surface area contributed by atoms with Gasteiger partial charge in [0.05, 0.1) is 9.79 Å². The molecule has 1 heterocycles. The molecule has 134 valence electrons. The van der Waals surface area contributed by atoms with E-state index in [0.717, 1.165) is 19.3 Å². The Balaban J connectivity index is 1.80. The molecule has 3 N–H and O–H groups in total. The van der Waals surface area contributed by atoms with Crippen LogP contribution >= 0.6 is 0 Å². The first-order valence-electron chi connectivity index (χ1n) is 7.99.